The molecule has 0 radical (unpaired) electrons. The number of ether oxygens (including phenoxy) is 1. The molecule has 1 amide bonds. The fraction of sp³-hybridized carbons (Fsp3) is 0.364. The van der Waals surface area contributed by atoms with Crippen molar-refractivity contribution in [3.63, 3.8) is 0 Å². The van der Waals surface area contributed by atoms with Crippen molar-refractivity contribution in [2.45, 2.75) is 46.3 Å². The summed E-state index contributed by atoms with van der Waals surface area (Å²) in [6.07, 6.45) is -1.07. The third-order valence-corrected chi connectivity index (χ3v) is 6.33. The Hall–Kier alpha value is -3.25. The van der Waals surface area contributed by atoms with Gasteiger partial charge in [-0.3, -0.25) is 4.79 Å². The first-order valence-corrected chi connectivity index (χ1v) is 10.6. The van der Waals surface area contributed by atoms with Crippen LogP contribution in [-0.2, 0) is 9.53 Å². The predicted molar refractivity (Wildman–Crippen MR) is 116 cm³/mol. The fourth-order valence-electron chi connectivity index (χ4n) is 2.84. The van der Waals surface area contributed by atoms with Gasteiger partial charge >= 0.3 is 5.97 Å². The number of thiophene rings is 1. The second kappa shape index (κ2) is 8.47. The second-order valence-corrected chi connectivity index (χ2v) is 8.84. The number of halogens is 1. The van der Waals surface area contributed by atoms with Crippen LogP contribution in [0.5, 0.6) is 0 Å². The number of aromatic nitrogens is 2. The monoisotopic (exact) mass is 442 g/mol. The van der Waals surface area contributed by atoms with Crippen molar-refractivity contribution in [3.8, 4) is 11.8 Å². The van der Waals surface area contributed by atoms with E-state index in [1.54, 1.807) is 29.8 Å². The van der Waals surface area contributed by atoms with E-state index in [9.17, 15) is 19.2 Å². The summed E-state index contributed by atoms with van der Waals surface area (Å²) in [4.78, 5) is 26.1. The van der Waals surface area contributed by atoms with Gasteiger partial charge in [-0.15, -0.1) is 11.3 Å². The number of benzene rings is 1. The summed E-state index contributed by atoms with van der Waals surface area (Å²) in [6, 6.07) is 9.65. The highest BCUT2D eigenvalue weighted by atomic mass is 32.1. The molecule has 3 aromatic rings. The number of carbonyl (C=O) groups excluding carboxylic acids is 2. The van der Waals surface area contributed by atoms with Crippen molar-refractivity contribution in [3.05, 3.63) is 46.7 Å². The van der Waals surface area contributed by atoms with Crippen molar-refractivity contribution in [1.29, 1.82) is 5.26 Å². The minimum Gasteiger partial charge on any atom is -0.448 e. The largest absolute Gasteiger partial charge is 0.448 e. The van der Waals surface area contributed by atoms with Crippen LogP contribution >= 0.6 is 11.3 Å². The Balaban J connectivity index is 1.80. The highest BCUT2D eigenvalue weighted by Crippen LogP contribution is 2.31. The second-order valence-electron chi connectivity index (χ2n) is 7.81. The maximum Gasteiger partial charge on any atom is 0.349 e. The van der Waals surface area contributed by atoms with Crippen LogP contribution in [0.1, 0.15) is 43.1 Å². The highest BCUT2D eigenvalue weighted by Gasteiger charge is 2.33. The van der Waals surface area contributed by atoms with Gasteiger partial charge in [-0.05, 0) is 57.0 Å². The first kappa shape index (κ1) is 22.4. The summed E-state index contributed by atoms with van der Waals surface area (Å²) in [5, 5.41) is 17.2. The van der Waals surface area contributed by atoms with E-state index in [1.165, 1.54) is 30.4 Å². The van der Waals surface area contributed by atoms with Crippen LogP contribution in [0.25, 0.3) is 15.9 Å². The van der Waals surface area contributed by atoms with Gasteiger partial charge in [0.2, 0.25) is 0 Å². The maximum atomic E-state index is 13.2. The lowest BCUT2D eigenvalue weighted by atomic mass is 9.90. The van der Waals surface area contributed by atoms with Crippen LogP contribution in [-0.4, -0.2) is 33.3 Å². The number of aryl methyl sites for hydroxylation is 1. The van der Waals surface area contributed by atoms with Gasteiger partial charge < -0.3 is 10.1 Å². The maximum absolute atomic E-state index is 13.2. The summed E-state index contributed by atoms with van der Waals surface area (Å²) >= 11 is 1.18. The molecular weight excluding hydrogens is 419 g/mol. The Morgan fingerprint density at radius 2 is 1.94 bits per heavy atom. The molecule has 0 saturated heterocycles. The Morgan fingerprint density at radius 3 is 2.52 bits per heavy atom. The molecule has 0 bridgehead atoms. The molecule has 2 aromatic heterocycles. The molecule has 3 rings (SSSR count). The normalized spacial score (nSPS) is 14.1. The molecule has 162 valence electrons. The third-order valence-electron chi connectivity index (χ3n) is 5.24. The number of nitriles is 1. The van der Waals surface area contributed by atoms with E-state index in [4.69, 9.17) is 4.74 Å². The summed E-state index contributed by atoms with van der Waals surface area (Å²) in [5.74, 6) is -1.65. The Kier molecular flexibility index (Phi) is 6.13. The smallest absolute Gasteiger partial charge is 0.349 e. The number of esters is 1. The standard InChI is InChI=1S/C22H23FN4O3S/c1-12(2)22(5,11-24)25-19(28)14(4)30-21(29)18-10-17-13(3)26-27(20(17)31-18)16-8-6-15(23)7-9-16/h6-10,12,14H,1-5H3,(H,25,28). The van der Waals surface area contributed by atoms with E-state index in [-0.39, 0.29) is 11.7 Å². The van der Waals surface area contributed by atoms with Gasteiger partial charge in [0.1, 0.15) is 21.1 Å². The average molecular weight is 443 g/mol. The lowest BCUT2D eigenvalue weighted by Gasteiger charge is -2.28. The molecule has 0 aliphatic heterocycles. The number of amides is 1. The number of carbonyl (C=O) groups is 2. The van der Waals surface area contributed by atoms with Gasteiger partial charge in [0.05, 0.1) is 17.5 Å². The molecular formula is C22H23FN4O3S. The molecule has 2 unspecified atom stereocenters. The minimum atomic E-state index is -1.07. The van der Waals surface area contributed by atoms with Crippen molar-refractivity contribution >= 4 is 33.4 Å². The van der Waals surface area contributed by atoms with Crippen LogP contribution in [0, 0.1) is 30.0 Å². The zero-order valence-electron chi connectivity index (χ0n) is 17.9. The Labute approximate surface area is 183 Å². The molecule has 0 saturated carbocycles. The zero-order chi connectivity index (χ0) is 22.9. The van der Waals surface area contributed by atoms with Crippen LogP contribution < -0.4 is 5.32 Å². The summed E-state index contributed by atoms with van der Waals surface area (Å²) in [6.45, 7) is 8.55. The number of nitrogens with zero attached hydrogens (tertiary/aromatic N) is 3. The summed E-state index contributed by atoms with van der Waals surface area (Å²) in [7, 11) is 0. The molecule has 0 aliphatic rings. The highest BCUT2D eigenvalue weighted by molar-refractivity contribution is 7.20. The number of hydrogen-bond acceptors (Lipinski definition) is 6. The number of hydrogen-bond donors (Lipinski definition) is 1. The molecule has 2 heterocycles. The van der Waals surface area contributed by atoms with Gasteiger partial charge in [-0.1, -0.05) is 13.8 Å². The zero-order valence-corrected chi connectivity index (χ0v) is 18.7. The molecule has 0 spiro atoms. The van der Waals surface area contributed by atoms with E-state index in [0.29, 0.717) is 21.1 Å². The molecule has 7 nitrogen and oxygen atoms in total. The Bertz CT molecular complexity index is 1180. The lowest BCUT2D eigenvalue weighted by Crippen LogP contribution is -2.52. The molecule has 0 aliphatic carbocycles. The van der Waals surface area contributed by atoms with Gasteiger partial charge in [-0.25, -0.2) is 13.9 Å². The van der Waals surface area contributed by atoms with Gasteiger partial charge in [-0.2, -0.15) is 10.4 Å². The van der Waals surface area contributed by atoms with Gasteiger partial charge in [0.25, 0.3) is 5.91 Å². The van der Waals surface area contributed by atoms with E-state index in [1.807, 2.05) is 20.8 Å². The summed E-state index contributed by atoms with van der Waals surface area (Å²) < 4.78 is 20.2. The Morgan fingerprint density at radius 1 is 1.29 bits per heavy atom. The molecule has 31 heavy (non-hydrogen) atoms. The van der Waals surface area contributed by atoms with Gasteiger partial charge in [0.15, 0.2) is 6.10 Å². The number of nitrogens with one attached hydrogen (secondary N) is 1. The third kappa shape index (κ3) is 4.44. The van der Waals surface area contributed by atoms with Crippen molar-refractivity contribution in [1.82, 2.24) is 15.1 Å². The number of fused-ring (bicyclic) bond motifs is 1. The molecule has 1 aromatic carbocycles. The summed E-state index contributed by atoms with van der Waals surface area (Å²) in [5.41, 5.74) is 0.311. The van der Waals surface area contributed by atoms with E-state index < -0.39 is 23.5 Å². The minimum absolute atomic E-state index is 0.121. The van der Waals surface area contributed by atoms with Crippen LogP contribution in [0.3, 0.4) is 0 Å². The lowest BCUT2D eigenvalue weighted by molar-refractivity contribution is -0.130. The molecule has 9 heteroatoms. The van der Waals surface area contributed by atoms with Crippen LogP contribution in [0.2, 0.25) is 0 Å². The topological polar surface area (TPSA) is 97.0 Å². The van der Waals surface area contributed by atoms with E-state index in [0.717, 1.165) is 5.39 Å². The fourth-order valence-corrected chi connectivity index (χ4v) is 3.90. The van der Waals surface area contributed by atoms with Crippen LogP contribution in [0.15, 0.2) is 30.3 Å². The van der Waals surface area contributed by atoms with Crippen molar-refractivity contribution < 1.29 is 18.7 Å². The van der Waals surface area contributed by atoms with Gasteiger partial charge in [0, 0.05) is 5.39 Å². The average Bonchev–Trinajstić information content (AvgIpc) is 3.29. The van der Waals surface area contributed by atoms with E-state index >= 15 is 0 Å². The first-order valence-electron chi connectivity index (χ1n) is 9.75. The molecule has 2 atom stereocenters. The van der Waals surface area contributed by atoms with Crippen molar-refractivity contribution in [2.24, 2.45) is 5.92 Å². The number of rotatable bonds is 6. The molecule has 1 N–H and O–H groups in total. The first-order chi connectivity index (χ1) is 14.6. The quantitative estimate of drug-likeness (QED) is 0.579. The molecule has 0 fully saturated rings. The predicted octanol–water partition coefficient (Wildman–Crippen LogP) is 4.13. The SMILES string of the molecule is Cc1nn(-c2ccc(F)cc2)c2sc(C(=O)OC(C)C(=O)NC(C)(C#N)C(C)C)cc12. The van der Waals surface area contributed by atoms with Crippen molar-refractivity contribution in [2.75, 3.05) is 0 Å². The van der Waals surface area contributed by atoms with Crippen LogP contribution in [0.4, 0.5) is 4.39 Å². The van der Waals surface area contributed by atoms with E-state index in [2.05, 4.69) is 16.5 Å².